The van der Waals surface area contributed by atoms with E-state index in [0.29, 0.717) is 17.7 Å². The highest BCUT2D eigenvalue weighted by molar-refractivity contribution is 6.28. The van der Waals surface area contributed by atoms with Crippen molar-refractivity contribution < 1.29 is 4.92 Å². The molecule has 0 aliphatic carbocycles. The zero-order valence-corrected chi connectivity index (χ0v) is 11.4. The fourth-order valence-corrected chi connectivity index (χ4v) is 2.19. The molecule has 3 rings (SSSR count). The molecule has 0 aliphatic rings. The van der Waals surface area contributed by atoms with E-state index in [2.05, 4.69) is 15.0 Å². The van der Waals surface area contributed by atoms with E-state index in [4.69, 9.17) is 17.3 Å². The van der Waals surface area contributed by atoms with Crippen molar-refractivity contribution in [3.05, 3.63) is 51.6 Å². The number of aromatic nitrogens is 4. The van der Waals surface area contributed by atoms with Crippen LogP contribution in [-0.2, 0) is 6.54 Å². The van der Waals surface area contributed by atoms with Crippen molar-refractivity contribution in [1.29, 1.82) is 0 Å². The van der Waals surface area contributed by atoms with Gasteiger partial charge in [0.2, 0.25) is 5.28 Å². The fourth-order valence-electron chi connectivity index (χ4n) is 2.02. The third kappa shape index (κ3) is 2.48. The van der Waals surface area contributed by atoms with Crippen LogP contribution >= 0.6 is 11.6 Å². The van der Waals surface area contributed by atoms with Crippen molar-refractivity contribution in [2.45, 2.75) is 6.54 Å². The highest BCUT2D eigenvalue weighted by Gasteiger charge is 2.12. The van der Waals surface area contributed by atoms with Crippen LogP contribution in [-0.4, -0.2) is 24.4 Å². The zero-order chi connectivity index (χ0) is 15.0. The summed E-state index contributed by atoms with van der Waals surface area (Å²) in [5, 5.41) is 10.8. The molecule has 0 atom stereocenters. The summed E-state index contributed by atoms with van der Waals surface area (Å²) in [4.78, 5) is 22.4. The number of nitrogens with two attached hydrogens (primary N) is 1. The number of benzene rings is 1. The second kappa shape index (κ2) is 4.98. The second-order valence-corrected chi connectivity index (χ2v) is 4.69. The molecule has 2 N–H and O–H groups in total. The predicted octanol–water partition coefficient (Wildman–Crippen LogP) is 2.02. The average Bonchev–Trinajstić information content (AvgIpc) is 2.82. The molecule has 3 aromatic rings. The van der Waals surface area contributed by atoms with Gasteiger partial charge in [-0.15, -0.1) is 0 Å². The first-order chi connectivity index (χ1) is 10.0. The number of anilines is 1. The molecule has 21 heavy (non-hydrogen) atoms. The minimum Gasteiger partial charge on any atom is -0.382 e. The van der Waals surface area contributed by atoms with E-state index in [1.54, 1.807) is 23.0 Å². The molecule has 0 saturated heterocycles. The van der Waals surface area contributed by atoms with Crippen molar-refractivity contribution in [2.24, 2.45) is 0 Å². The van der Waals surface area contributed by atoms with Gasteiger partial charge in [0.05, 0.1) is 17.8 Å². The minimum absolute atomic E-state index is 0.0285. The number of halogens is 1. The molecule has 0 spiro atoms. The number of nitro benzene ring substituents is 1. The Morgan fingerprint density at radius 1 is 1.38 bits per heavy atom. The first kappa shape index (κ1) is 13.3. The first-order valence-corrected chi connectivity index (χ1v) is 6.29. The van der Waals surface area contributed by atoms with E-state index in [9.17, 15) is 10.1 Å². The maximum Gasteiger partial charge on any atom is 0.269 e. The number of imidazole rings is 1. The quantitative estimate of drug-likeness (QED) is 0.450. The maximum atomic E-state index is 10.8. The van der Waals surface area contributed by atoms with E-state index in [1.165, 1.54) is 12.1 Å². The largest absolute Gasteiger partial charge is 0.382 e. The summed E-state index contributed by atoms with van der Waals surface area (Å²) in [6.45, 7) is 0.366. The minimum atomic E-state index is -0.438. The van der Waals surface area contributed by atoms with Gasteiger partial charge in [-0.05, 0) is 17.2 Å². The number of hydrogen-bond donors (Lipinski definition) is 1. The molecule has 0 fully saturated rings. The van der Waals surface area contributed by atoms with Crippen molar-refractivity contribution in [1.82, 2.24) is 19.5 Å². The summed E-state index contributed by atoms with van der Waals surface area (Å²) < 4.78 is 1.71. The van der Waals surface area contributed by atoms with Gasteiger partial charge in [-0.25, -0.2) is 4.98 Å². The van der Waals surface area contributed by atoms with E-state index < -0.39 is 4.92 Å². The molecule has 0 bridgehead atoms. The molecule has 0 amide bonds. The summed E-state index contributed by atoms with van der Waals surface area (Å²) in [5.74, 6) is 0.197. The lowest BCUT2D eigenvalue weighted by Gasteiger charge is -2.04. The van der Waals surface area contributed by atoms with Gasteiger partial charge in [-0.1, -0.05) is 12.1 Å². The number of nitrogens with zero attached hydrogens (tertiary/aromatic N) is 5. The summed E-state index contributed by atoms with van der Waals surface area (Å²) >= 11 is 5.79. The zero-order valence-electron chi connectivity index (χ0n) is 10.6. The Bertz CT molecular complexity index is 847. The number of nitro groups is 1. The molecule has 9 heteroatoms. The van der Waals surface area contributed by atoms with E-state index >= 15 is 0 Å². The Labute approximate surface area is 123 Å². The third-order valence-corrected chi connectivity index (χ3v) is 3.11. The Morgan fingerprint density at radius 2 is 2.19 bits per heavy atom. The maximum absolute atomic E-state index is 10.8. The third-order valence-electron chi connectivity index (χ3n) is 2.94. The van der Waals surface area contributed by atoms with Crippen LogP contribution < -0.4 is 5.73 Å². The molecule has 2 aromatic heterocycles. The van der Waals surface area contributed by atoms with E-state index in [0.717, 1.165) is 5.56 Å². The highest BCUT2D eigenvalue weighted by Crippen LogP contribution is 2.20. The SMILES string of the molecule is Nc1nc(Cl)nc2c1ncn2Cc1cccc([N+](=O)[O-])c1. The fraction of sp³-hybridized carbons (Fsp3) is 0.0833. The molecule has 2 heterocycles. The molecule has 0 radical (unpaired) electrons. The Morgan fingerprint density at radius 3 is 2.95 bits per heavy atom. The van der Waals surface area contributed by atoms with Crippen molar-refractivity contribution in [3.63, 3.8) is 0 Å². The van der Waals surface area contributed by atoms with Crippen LogP contribution in [0.1, 0.15) is 5.56 Å². The second-order valence-electron chi connectivity index (χ2n) is 4.35. The van der Waals surface area contributed by atoms with Gasteiger partial charge >= 0.3 is 0 Å². The Kier molecular flexibility index (Phi) is 3.15. The van der Waals surface area contributed by atoms with Crippen LogP contribution in [0.15, 0.2) is 30.6 Å². The molecular formula is C12H9ClN6O2. The molecule has 106 valence electrons. The summed E-state index contributed by atoms with van der Waals surface area (Å²) in [6, 6.07) is 6.35. The van der Waals surface area contributed by atoms with Crippen LogP contribution in [0.2, 0.25) is 5.28 Å². The Hall–Kier alpha value is -2.74. The number of fused-ring (bicyclic) bond motifs is 1. The smallest absolute Gasteiger partial charge is 0.269 e. The highest BCUT2D eigenvalue weighted by atomic mass is 35.5. The molecule has 0 aliphatic heterocycles. The van der Waals surface area contributed by atoms with Gasteiger partial charge < -0.3 is 10.3 Å². The van der Waals surface area contributed by atoms with Gasteiger partial charge in [-0.3, -0.25) is 10.1 Å². The van der Waals surface area contributed by atoms with Crippen molar-refractivity contribution in [2.75, 3.05) is 5.73 Å². The molecule has 8 nitrogen and oxygen atoms in total. The van der Waals surface area contributed by atoms with Gasteiger partial charge in [0.1, 0.15) is 5.52 Å². The first-order valence-electron chi connectivity index (χ1n) is 5.92. The predicted molar refractivity (Wildman–Crippen MR) is 76.9 cm³/mol. The van der Waals surface area contributed by atoms with Crippen LogP contribution in [0.4, 0.5) is 11.5 Å². The summed E-state index contributed by atoms with van der Waals surface area (Å²) in [7, 11) is 0. The average molecular weight is 305 g/mol. The topological polar surface area (TPSA) is 113 Å². The molecule has 0 unspecified atom stereocenters. The van der Waals surface area contributed by atoms with Crippen molar-refractivity contribution >= 4 is 34.3 Å². The molecular weight excluding hydrogens is 296 g/mol. The van der Waals surface area contributed by atoms with Gasteiger partial charge in [-0.2, -0.15) is 9.97 Å². The monoisotopic (exact) mass is 304 g/mol. The number of nitrogen functional groups attached to an aromatic ring is 1. The molecule has 1 aromatic carbocycles. The number of rotatable bonds is 3. The molecule has 0 saturated carbocycles. The van der Waals surface area contributed by atoms with Crippen molar-refractivity contribution in [3.8, 4) is 0 Å². The van der Waals surface area contributed by atoms with Gasteiger partial charge in [0.15, 0.2) is 11.5 Å². The number of hydrogen-bond acceptors (Lipinski definition) is 6. The lowest BCUT2D eigenvalue weighted by atomic mass is 10.2. The van der Waals surface area contributed by atoms with Gasteiger partial charge in [0.25, 0.3) is 5.69 Å². The lowest BCUT2D eigenvalue weighted by Crippen LogP contribution is -2.02. The standard InChI is InChI=1S/C12H9ClN6O2/c13-12-16-10(14)9-11(17-12)18(6-15-9)5-7-2-1-3-8(4-7)19(20)21/h1-4,6H,5H2,(H2,14,16,17). The Balaban J connectivity index is 2.02. The van der Waals surface area contributed by atoms with Gasteiger partial charge in [0, 0.05) is 12.1 Å². The summed E-state index contributed by atoms with van der Waals surface area (Å²) in [6.07, 6.45) is 1.55. The van der Waals surface area contributed by atoms with Crippen LogP contribution in [0.5, 0.6) is 0 Å². The van der Waals surface area contributed by atoms with Crippen LogP contribution in [0.3, 0.4) is 0 Å². The van der Waals surface area contributed by atoms with E-state index in [1.807, 2.05) is 0 Å². The van der Waals surface area contributed by atoms with Crippen LogP contribution in [0, 0.1) is 10.1 Å². The summed E-state index contributed by atoms with van der Waals surface area (Å²) in [5.41, 5.74) is 7.44. The number of non-ortho nitro benzene ring substituents is 1. The van der Waals surface area contributed by atoms with Crippen LogP contribution in [0.25, 0.3) is 11.2 Å². The van der Waals surface area contributed by atoms with E-state index in [-0.39, 0.29) is 16.8 Å². The normalized spacial score (nSPS) is 10.9. The lowest BCUT2D eigenvalue weighted by molar-refractivity contribution is -0.384.